The number of H-pyrrole nitrogens is 2. The molecule has 2 heterocycles. The Morgan fingerprint density at radius 1 is 0.812 bits per heavy atom. The first-order chi connectivity index (χ1) is 7.77. The number of rotatable bonds is 0. The molecule has 4 heteroatoms. The van der Waals surface area contributed by atoms with E-state index in [1.165, 1.54) is 12.1 Å². The van der Waals surface area contributed by atoms with Gasteiger partial charge in [-0.15, -0.1) is 0 Å². The first-order valence-electron chi connectivity index (χ1n) is 4.89. The molecular weight excluding hydrogens is 204 g/mol. The van der Waals surface area contributed by atoms with Crippen LogP contribution in [0.2, 0.25) is 0 Å². The van der Waals surface area contributed by atoms with Crippen molar-refractivity contribution in [3.8, 4) is 0 Å². The first-order valence-corrected chi connectivity index (χ1v) is 4.89. The minimum Gasteiger partial charge on any atom is -0.361 e. The van der Waals surface area contributed by atoms with Crippen LogP contribution < -0.4 is 10.9 Å². The van der Waals surface area contributed by atoms with Gasteiger partial charge in [-0.1, -0.05) is 0 Å². The molecule has 2 aromatic heterocycles. The summed E-state index contributed by atoms with van der Waals surface area (Å²) < 4.78 is 0. The summed E-state index contributed by atoms with van der Waals surface area (Å²) >= 11 is 0. The molecule has 4 nitrogen and oxygen atoms in total. The summed E-state index contributed by atoms with van der Waals surface area (Å²) in [5, 5.41) is 1.06. The van der Waals surface area contributed by atoms with E-state index in [1.807, 2.05) is 0 Å². The molecule has 0 bridgehead atoms. The summed E-state index contributed by atoms with van der Waals surface area (Å²) in [4.78, 5) is 29.3. The average molecular weight is 212 g/mol. The Balaban J connectivity index is 2.75. The van der Waals surface area contributed by atoms with E-state index in [0.29, 0.717) is 16.3 Å². The quantitative estimate of drug-likeness (QED) is 0.553. The van der Waals surface area contributed by atoms with Crippen LogP contribution in [0.25, 0.3) is 21.8 Å². The molecule has 2 N–H and O–H groups in total. The van der Waals surface area contributed by atoms with Crippen molar-refractivity contribution in [2.75, 3.05) is 0 Å². The van der Waals surface area contributed by atoms with E-state index >= 15 is 0 Å². The Bertz CT molecular complexity index is 799. The van der Waals surface area contributed by atoms with Crippen molar-refractivity contribution in [2.24, 2.45) is 0 Å². The maximum Gasteiger partial charge on any atom is 0.191 e. The highest BCUT2D eigenvalue weighted by atomic mass is 16.1. The summed E-state index contributed by atoms with van der Waals surface area (Å²) in [6, 6.07) is 6.36. The molecule has 0 aliphatic carbocycles. The molecular formula is C12H8N2O2. The minimum absolute atomic E-state index is 0.0843. The SMILES string of the molecule is O=c1cc[nH]c2c1ccc1[nH]ccc(=O)c12. The van der Waals surface area contributed by atoms with Gasteiger partial charge in [0, 0.05) is 29.9 Å². The van der Waals surface area contributed by atoms with Crippen LogP contribution in [0.1, 0.15) is 0 Å². The zero-order chi connectivity index (χ0) is 11.1. The molecule has 0 amide bonds. The highest BCUT2D eigenvalue weighted by Gasteiger charge is 2.05. The second kappa shape index (κ2) is 3.06. The largest absolute Gasteiger partial charge is 0.361 e. The van der Waals surface area contributed by atoms with Gasteiger partial charge in [0.15, 0.2) is 10.9 Å². The summed E-state index contributed by atoms with van der Waals surface area (Å²) in [7, 11) is 0. The van der Waals surface area contributed by atoms with Crippen LogP contribution >= 0.6 is 0 Å². The molecule has 0 radical (unpaired) electrons. The van der Waals surface area contributed by atoms with Crippen LogP contribution in [0.3, 0.4) is 0 Å². The molecule has 1 aromatic carbocycles. The van der Waals surface area contributed by atoms with Crippen molar-refractivity contribution in [3.63, 3.8) is 0 Å². The van der Waals surface area contributed by atoms with E-state index in [-0.39, 0.29) is 10.9 Å². The summed E-state index contributed by atoms with van der Waals surface area (Å²) in [5.74, 6) is 0. The molecule has 0 aliphatic heterocycles. The van der Waals surface area contributed by atoms with Gasteiger partial charge in [-0.25, -0.2) is 0 Å². The Labute approximate surface area is 89.6 Å². The van der Waals surface area contributed by atoms with E-state index in [1.54, 1.807) is 24.5 Å². The van der Waals surface area contributed by atoms with Crippen LogP contribution in [-0.2, 0) is 0 Å². The number of hydrogen-bond acceptors (Lipinski definition) is 2. The zero-order valence-corrected chi connectivity index (χ0v) is 8.28. The third kappa shape index (κ3) is 1.10. The van der Waals surface area contributed by atoms with Crippen LogP contribution in [0, 0.1) is 0 Å². The fourth-order valence-electron chi connectivity index (χ4n) is 1.92. The third-order valence-corrected chi connectivity index (χ3v) is 2.65. The van der Waals surface area contributed by atoms with Crippen molar-refractivity contribution in [2.45, 2.75) is 0 Å². The number of nitrogens with one attached hydrogen (secondary N) is 2. The Morgan fingerprint density at radius 2 is 1.56 bits per heavy atom. The second-order valence-corrected chi connectivity index (χ2v) is 3.59. The molecule has 78 valence electrons. The smallest absolute Gasteiger partial charge is 0.191 e. The number of pyridine rings is 2. The monoisotopic (exact) mass is 212 g/mol. The molecule has 0 atom stereocenters. The highest BCUT2D eigenvalue weighted by molar-refractivity contribution is 6.03. The summed E-state index contributed by atoms with van der Waals surface area (Å²) in [5.41, 5.74) is 1.13. The van der Waals surface area contributed by atoms with Gasteiger partial charge in [0.2, 0.25) is 0 Å². The van der Waals surface area contributed by atoms with E-state index in [2.05, 4.69) is 9.97 Å². The molecule has 3 aromatic rings. The van der Waals surface area contributed by atoms with E-state index in [4.69, 9.17) is 0 Å². The van der Waals surface area contributed by atoms with Gasteiger partial charge in [-0.05, 0) is 12.1 Å². The number of fused-ring (bicyclic) bond motifs is 3. The fraction of sp³-hybridized carbons (Fsp3) is 0. The van der Waals surface area contributed by atoms with Crippen molar-refractivity contribution >= 4 is 21.8 Å². The van der Waals surface area contributed by atoms with Crippen molar-refractivity contribution in [1.29, 1.82) is 0 Å². The van der Waals surface area contributed by atoms with Crippen LogP contribution in [0.15, 0.2) is 46.2 Å². The predicted molar refractivity (Wildman–Crippen MR) is 62.7 cm³/mol. The van der Waals surface area contributed by atoms with Crippen LogP contribution in [0.4, 0.5) is 0 Å². The Hall–Kier alpha value is -2.36. The van der Waals surface area contributed by atoms with Gasteiger partial charge in [0.25, 0.3) is 0 Å². The molecule has 0 fully saturated rings. The zero-order valence-electron chi connectivity index (χ0n) is 8.28. The first kappa shape index (κ1) is 8.91. The summed E-state index contributed by atoms with van der Waals surface area (Å²) in [6.45, 7) is 0. The molecule has 0 aliphatic rings. The maximum absolute atomic E-state index is 11.8. The van der Waals surface area contributed by atoms with Crippen molar-refractivity contribution in [1.82, 2.24) is 9.97 Å². The normalized spacial score (nSPS) is 11.0. The maximum atomic E-state index is 11.8. The van der Waals surface area contributed by atoms with E-state index < -0.39 is 0 Å². The lowest BCUT2D eigenvalue weighted by atomic mass is 10.1. The van der Waals surface area contributed by atoms with Gasteiger partial charge in [0.05, 0.1) is 16.4 Å². The van der Waals surface area contributed by atoms with Gasteiger partial charge >= 0.3 is 0 Å². The standard InChI is InChI=1S/C12H8N2O2/c15-9-3-6-14-12-7(9)1-2-8-11(12)10(16)4-5-13-8/h1-6H,(H,13,16)(H,14,15). The lowest BCUT2D eigenvalue weighted by Gasteiger charge is -2.01. The van der Waals surface area contributed by atoms with Gasteiger partial charge < -0.3 is 9.97 Å². The van der Waals surface area contributed by atoms with E-state index in [0.717, 1.165) is 5.52 Å². The van der Waals surface area contributed by atoms with Gasteiger partial charge in [-0.2, -0.15) is 0 Å². The number of aromatic nitrogens is 2. The number of aromatic amines is 2. The number of benzene rings is 1. The third-order valence-electron chi connectivity index (χ3n) is 2.65. The Morgan fingerprint density at radius 3 is 2.44 bits per heavy atom. The fourth-order valence-corrected chi connectivity index (χ4v) is 1.92. The highest BCUT2D eigenvalue weighted by Crippen LogP contribution is 2.15. The lowest BCUT2D eigenvalue weighted by molar-refractivity contribution is 1.36. The molecule has 0 unspecified atom stereocenters. The lowest BCUT2D eigenvalue weighted by Crippen LogP contribution is -2.06. The van der Waals surface area contributed by atoms with E-state index in [9.17, 15) is 9.59 Å². The van der Waals surface area contributed by atoms with Crippen LogP contribution in [0.5, 0.6) is 0 Å². The molecule has 3 rings (SSSR count). The van der Waals surface area contributed by atoms with Crippen molar-refractivity contribution in [3.05, 3.63) is 57.1 Å². The molecule has 0 saturated heterocycles. The molecule has 0 spiro atoms. The van der Waals surface area contributed by atoms with Gasteiger partial charge in [0.1, 0.15) is 0 Å². The summed E-state index contributed by atoms with van der Waals surface area (Å²) in [6.07, 6.45) is 3.15. The van der Waals surface area contributed by atoms with Gasteiger partial charge in [-0.3, -0.25) is 9.59 Å². The molecule has 16 heavy (non-hydrogen) atoms. The second-order valence-electron chi connectivity index (χ2n) is 3.59. The van der Waals surface area contributed by atoms with Crippen molar-refractivity contribution < 1.29 is 0 Å². The minimum atomic E-state index is -0.0961. The predicted octanol–water partition coefficient (Wildman–Crippen LogP) is 1.37. The Kier molecular flexibility index (Phi) is 1.71. The molecule has 0 saturated carbocycles. The topological polar surface area (TPSA) is 65.7 Å². The van der Waals surface area contributed by atoms with Crippen LogP contribution in [-0.4, -0.2) is 9.97 Å². The average Bonchev–Trinajstić information content (AvgIpc) is 2.29. The number of hydrogen-bond donors (Lipinski definition) is 2.